The molecule has 0 bridgehead atoms. The summed E-state index contributed by atoms with van der Waals surface area (Å²) in [6, 6.07) is 0. The summed E-state index contributed by atoms with van der Waals surface area (Å²) in [6.45, 7) is 4.39. The fourth-order valence-corrected chi connectivity index (χ4v) is 2.95. The van der Waals surface area contributed by atoms with E-state index in [2.05, 4.69) is 23.8 Å². The van der Waals surface area contributed by atoms with Crippen LogP contribution in [-0.4, -0.2) is 9.96 Å². The number of rotatable bonds is 10. The summed E-state index contributed by atoms with van der Waals surface area (Å²) in [5, 5.41) is 5.69. The van der Waals surface area contributed by atoms with Gasteiger partial charge in [-0.1, -0.05) is 58.3 Å². The van der Waals surface area contributed by atoms with Gasteiger partial charge < -0.3 is 0 Å². The highest BCUT2D eigenvalue weighted by atomic mass is 31.0. The van der Waals surface area contributed by atoms with Crippen LogP contribution in [0.15, 0.2) is 0 Å². The molecule has 0 aliphatic heterocycles. The van der Waals surface area contributed by atoms with Gasteiger partial charge in [0.05, 0.1) is 5.69 Å². The molecule has 0 saturated heterocycles. The first-order valence-corrected chi connectivity index (χ1v) is 8.10. The molecule has 0 spiro atoms. The zero-order valence-corrected chi connectivity index (χ0v) is 12.4. The van der Waals surface area contributed by atoms with Gasteiger partial charge >= 0.3 is 0 Å². The number of aryl methyl sites for hydroxylation is 2. The Morgan fingerprint density at radius 1 is 0.941 bits per heavy atom. The van der Waals surface area contributed by atoms with Crippen LogP contribution < -0.4 is 0 Å². The lowest BCUT2D eigenvalue weighted by molar-refractivity contribution is 0.565. The van der Waals surface area contributed by atoms with E-state index in [-0.39, 0.29) is 0 Å². The molecule has 0 fully saturated rings. The molecule has 0 aliphatic carbocycles. The Kier molecular flexibility index (Phi) is 8.34. The van der Waals surface area contributed by atoms with Gasteiger partial charge in [-0.25, -0.2) is 0 Å². The molecule has 1 rings (SSSR count). The Bertz CT molecular complexity index is 284. The van der Waals surface area contributed by atoms with Gasteiger partial charge in [-0.3, -0.25) is 4.86 Å². The first kappa shape index (κ1) is 14.7. The smallest absolute Gasteiger partial charge is 0.0671 e. The average molecular weight is 254 g/mol. The highest BCUT2D eigenvalue weighted by Crippen LogP contribution is 2.18. The third-order valence-electron chi connectivity index (χ3n) is 3.34. The Hall–Kier alpha value is -0.360. The van der Waals surface area contributed by atoms with Crippen molar-refractivity contribution in [1.82, 2.24) is 9.96 Å². The van der Waals surface area contributed by atoms with Crippen LogP contribution in [0.1, 0.15) is 75.7 Å². The zero-order valence-electron chi connectivity index (χ0n) is 11.5. The van der Waals surface area contributed by atoms with E-state index >= 15 is 0 Å². The van der Waals surface area contributed by atoms with Crippen molar-refractivity contribution in [2.45, 2.75) is 78.1 Å². The van der Waals surface area contributed by atoms with Gasteiger partial charge in [-0.05, 0) is 19.8 Å². The molecule has 0 aromatic carbocycles. The molecule has 0 radical (unpaired) electrons. The van der Waals surface area contributed by atoms with Crippen LogP contribution in [0.3, 0.4) is 0 Å². The molecule has 1 aromatic rings. The molecular weight excluding hydrogens is 227 g/mol. The van der Waals surface area contributed by atoms with Gasteiger partial charge in [-0.2, -0.15) is 5.10 Å². The quantitative estimate of drug-likeness (QED) is 0.558. The van der Waals surface area contributed by atoms with Crippen LogP contribution in [0.25, 0.3) is 0 Å². The van der Waals surface area contributed by atoms with E-state index in [9.17, 15) is 0 Å². The van der Waals surface area contributed by atoms with Crippen LogP contribution in [0.2, 0.25) is 0 Å². The predicted octanol–water partition coefficient (Wildman–Crippen LogP) is 5.37. The maximum Gasteiger partial charge on any atom is 0.0671 e. The van der Waals surface area contributed by atoms with E-state index in [1.807, 2.05) is 0 Å². The van der Waals surface area contributed by atoms with Gasteiger partial charge in [0, 0.05) is 13.6 Å². The summed E-state index contributed by atoms with van der Waals surface area (Å²) < 4.78 is 0. The standard InChI is InChI=1S/C14H27N2P/c1-3-4-5-6-7-8-9-10-11-12-14-13(2)15-16-17-14/h3-12H2,1-2H3,(H,15,16). The van der Waals surface area contributed by atoms with E-state index < -0.39 is 0 Å². The summed E-state index contributed by atoms with van der Waals surface area (Å²) in [6.07, 6.45) is 13.9. The number of nitrogens with zero attached hydrogens (tertiary/aromatic N) is 1. The van der Waals surface area contributed by atoms with E-state index in [1.54, 1.807) is 0 Å². The van der Waals surface area contributed by atoms with Crippen molar-refractivity contribution in [1.29, 1.82) is 0 Å². The molecular formula is C14H27N2P. The molecule has 0 aliphatic rings. The summed E-state index contributed by atoms with van der Waals surface area (Å²) in [5.41, 5.74) is 1.21. The molecule has 1 N–H and O–H groups in total. The van der Waals surface area contributed by atoms with E-state index in [4.69, 9.17) is 0 Å². The summed E-state index contributed by atoms with van der Waals surface area (Å²) >= 11 is 0. The van der Waals surface area contributed by atoms with Crippen molar-refractivity contribution in [2.75, 3.05) is 0 Å². The molecule has 0 atom stereocenters. The van der Waals surface area contributed by atoms with Crippen LogP contribution in [0.5, 0.6) is 0 Å². The lowest BCUT2D eigenvalue weighted by atomic mass is 10.1. The second kappa shape index (κ2) is 9.65. The highest BCUT2D eigenvalue weighted by Gasteiger charge is 2.00. The van der Waals surface area contributed by atoms with Crippen molar-refractivity contribution >= 4 is 8.35 Å². The minimum Gasteiger partial charge on any atom is -0.260 e. The number of nitrogens with one attached hydrogen (secondary N) is 1. The summed E-state index contributed by atoms with van der Waals surface area (Å²) in [5.74, 6) is 0. The Balaban J connectivity index is 1.86. The molecule has 1 aromatic heterocycles. The van der Waals surface area contributed by atoms with E-state index in [0.717, 1.165) is 0 Å². The lowest BCUT2D eigenvalue weighted by Gasteiger charge is -2.01. The second-order valence-corrected chi connectivity index (χ2v) is 5.90. The minimum atomic E-state index is 1.21. The van der Waals surface area contributed by atoms with Crippen molar-refractivity contribution in [3.63, 3.8) is 0 Å². The predicted molar refractivity (Wildman–Crippen MR) is 76.8 cm³/mol. The molecule has 0 saturated carbocycles. The topological polar surface area (TPSA) is 28.7 Å². The molecule has 1 heterocycles. The maximum absolute atomic E-state index is 4.19. The van der Waals surface area contributed by atoms with Gasteiger partial charge in [0.25, 0.3) is 0 Å². The largest absolute Gasteiger partial charge is 0.260 e. The fourth-order valence-electron chi connectivity index (χ4n) is 2.15. The first-order chi connectivity index (χ1) is 8.34. The van der Waals surface area contributed by atoms with Gasteiger partial charge in [0.15, 0.2) is 0 Å². The number of aromatic nitrogens is 2. The van der Waals surface area contributed by atoms with Crippen LogP contribution in [0, 0.1) is 6.92 Å². The Morgan fingerprint density at radius 3 is 2.06 bits per heavy atom. The average Bonchev–Trinajstić information content (AvgIpc) is 2.73. The molecule has 3 heteroatoms. The minimum absolute atomic E-state index is 1.21. The number of H-pyrrole nitrogens is 1. The van der Waals surface area contributed by atoms with Crippen molar-refractivity contribution in [3.8, 4) is 0 Å². The molecule has 17 heavy (non-hydrogen) atoms. The second-order valence-electron chi connectivity index (χ2n) is 4.93. The number of hydrogen-bond donors (Lipinski definition) is 1. The molecule has 0 amide bonds. The first-order valence-electron chi connectivity index (χ1n) is 7.21. The fraction of sp³-hybridized carbons (Fsp3) is 0.857. The monoisotopic (exact) mass is 254 g/mol. The van der Waals surface area contributed by atoms with Crippen molar-refractivity contribution < 1.29 is 0 Å². The molecule has 98 valence electrons. The van der Waals surface area contributed by atoms with Crippen LogP contribution >= 0.6 is 8.35 Å². The summed E-state index contributed by atoms with van der Waals surface area (Å²) in [4.78, 5) is 3.03. The Labute approximate surface area is 108 Å². The van der Waals surface area contributed by atoms with Gasteiger partial charge in [0.1, 0.15) is 0 Å². The maximum atomic E-state index is 4.19. The normalized spacial score (nSPS) is 11.4. The number of unbranched alkanes of at least 4 members (excludes halogenated alkanes) is 8. The third-order valence-corrected chi connectivity index (χ3v) is 4.35. The number of aromatic amines is 1. The van der Waals surface area contributed by atoms with Crippen molar-refractivity contribution in [3.05, 3.63) is 11.0 Å². The summed E-state index contributed by atoms with van der Waals surface area (Å²) in [7, 11) is 1.22. The molecule has 0 unspecified atom stereocenters. The Morgan fingerprint density at radius 2 is 1.53 bits per heavy atom. The van der Waals surface area contributed by atoms with Gasteiger partial charge in [0.2, 0.25) is 0 Å². The van der Waals surface area contributed by atoms with Crippen LogP contribution in [-0.2, 0) is 6.42 Å². The van der Waals surface area contributed by atoms with Crippen LogP contribution in [0.4, 0.5) is 0 Å². The highest BCUT2D eigenvalue weighted by molar-refractivity contribution is 7.26. The molecule has 2 nitrogen and oxygen atoms in total. The van der Waals surface area contributed by atoms with Crippen molar-refractivity contribution in [2.24, 2.45) is 0 Å². The third kappa shape index (κ3) is 6.83. The van der Waals surface area contributed by atoms with Gasteiger partial charge in [-0.15, -0.1) is 0 Å². The zero-order chi connectivity index (χ0) is 12.3. The lowest BCUT2D eigenvalue weighted by Crippen LogP contribution is -1.86. The number of hydrogen-bond acceptors (Lipinski definition) is 1. The van der Waals surface area contributed by atoms with E-state index in [1.165, 1.54) is 83.5 Å². The van der Waals surface area contributed by atoms with E-state index in [0.29, 0.717) is 0 Å². The SMILES string of the molecule is CCCCCCCCCCCc1p[nH]nc1C.